The zero-order valence-corrected chi connectivity index (χ0v) is 13.5. The average Bonchev–Trinajstić information content (AvgIpc) is 2.40. The van der Waals surface area contributed by atoms with Crippen molar-refractivity contribution in [1.29, 1.82) is 0 Å². The van der Waals surface area contributed by atoms with E-state index in [9.17, 15) is 13.5 Å². The molecule has 0 unspecified atom stereocenters. The molecule has 0 heterocycles. The Labute approximate surface area is 126 Å². The van der Waals surface area contributed by atoms with Gasteiger partial charge < -0.3 is 9.84 Å². The second-order valence-corrected chi connectivity index (χ2v) is 7.32. The lowest BCUT2D eigenvalue weighted by molar-refractivity contribution is 0.101. The Balaban J connectivity index is 2.31. The fourth-order valence-electron chi connectivity index (χ4n) is 2.96. The number of hydrogen-bond donors (Lipinski definition) is 2. The molecule has 118 valence electrons. The molecule has 1 fully saturated rings. The van der Waals surface area contributed by atoms with Crippen LogP contribution in [0.4, 0.5) is 0 Å². The summed E-state index contributed by atoms with van der Waals surface area (Å²) in [6.07, 6.45) is 2.60. The highest BCUT2D eigenvalue weighted by Crippen LogP contribution is 2.27. The van der Waals surface area contributed by atoms with Crippen molar-refractivity contribution in [2.24, 2.45) is 0 Å². The van der Waals surface area contributed by atoms with E-state index in [2.05, 4.69) is 4.72 Å². The first-order valence-corrected chi connectivity index (χ1v) is 8.69. The molecule has 2 rings (SSSR count). The van der Waals surface area contributed by atoms with Gasteiger partial charge in [-0.05, 0) is 49.9 Å². The Bertz CT molecular complexity index is 589. The number of aryl methyl sites for hydroxylation is 2. The number of benzene rings is 1. The first-order valence-electron chi connectivity index (χ1n) is 7.21. The molecule has 0 aliphatic heterocycles. The van der Waals surface area contributed by atoms with E-state index in [0.29, 0.717) is 29.7 Å². The van der Waals surface area contributed by atoms with Gasteiger partial charge in [-0.1, -0.05) is 12.8 Å². The molecule has 1 aliphatic carbocycles. The predicted octanol–water partition coefficient (Wildman–Crippen LogP) is 1.89. The van der Waals surface area contributed by atoms with Crippen LogP contribution in [-0.4, -0.2) is 32.8 Å². The molecule has 0 saturated heterocycles. The van der Waals surface area contributed by atoms with E-state index < -0.39 is 22.2 Å². The van der Waals surface area contributed by atoms with Crippen LogP contribution < -0.4 is 9.46 Å². The summed E-state index contributed by atoms with van der Waals surface area (Å²) in [5, 5.41) is 9.95. The summed E-state index contributed by atoms with van der Waals surface area (Å²) in [5.41, 5.74) is 1.29. The summed E-state index contributed by atoms with van der Waals surface area (Å²) in [6.45, 7) is 3.50. The largest absolute Gasteiger partial charge is 0.497 e. The van der Waals surface area contributed by atoms with Gasteiger partial charge in [-0.2, -0.15) is 0 Å². The number of nitrogens with one attached hydrogen (secondary N) is 1. The van der Waals surface area contributed by atoms with Crippen molar-refractivity contribution in [3.63, 3.8) is 0 Å². The Morgan fingerprint density at radius 2 is 1.76 bits per heavy atom. The Morgan fingerprint density at radius 1 is 1.19 bits per heavy atom. The van der Waals surface area contributed by atoms with Crippen LogP contribution in [0, 0.1) is 13.8 Å². The summed E-state index contributed by atoms with van der Waals surface area (Å²) < 4.78 is 33.1. The number of aliphatic hydroxyl groups is 1. The highest BCUT2D eigenvalue weighted by atomic mass is 32.2. The van der Waals surface area contributed by atoms with Crippen molar-refractivity contribution in [2.75, 3.05) is 7.11 Å². The van der Waals surface area contributed by atoms with E-state index in [1.165, 1.54) is 0 Å². The fourth-order valence-corrected chi connectivity index (χ4v) is 4.72. The number of hydrogen-bond acceptors (Lipinski definition) is 4. The minimum atomic E-state index is -3.64. The van der Waals surface area contributed by atoms with E-state index in [0.717, 1.165) is 12.8 Å². The van der Waals surface area contributed by atoms with Gasteiger partial charge in [0.05, 0.1) is 18.1 Å². The molecule has 0 amide bonds. The minimum Gasteiger partial charge on any atom is -0.497 e. The standard InChI is InChI=1S/C15H23NO4S/c1-10-8-12(20-3)9-11(2)15(10)21(18,19)16-13-6-4-5-7-14(13)17/h8-9,13-14,16-17H,4-7H2,1-3H3/t13-,14-/m1/s1. The minimum absolute atomic E-state index is 0.279. The van der Waals surface area contributed by atoms with E-state index in [1.807, 2.05) is 0 Å². The monoisotopic (exact) mass is 313 g/mol. The number of rotatable bonds is 4. The van der Waals surface area contributed by atoms with Crippen molar-refractivity contribution < 1.29 is 18.3 Å². The summed E-state index contributed by atoms with van der Waals surface area (Å²) >= 11 is 0. The van der Waals surface area contributed by atoms with Gasteiger partial charge in [0.1, 0.15) is 5.75 Å². The molecule has 5 nitrogen and oxygen atoms in total. The number of methoxy groups -OCH3 is 1. The van der Waals surface area contributed by atoms with Crippen LogP contribution >= 0.6 is 0 Å². The maximum atomic E-state index is 12.6. The van der Waals surface area contributed by atoms with Crippen molar-refractivity contribution >= 4 is 10.0 Å². The fraction of sp³-hybridized carbons (Fsp3) is 0.600. The maximum Gasteiger partial charge on any atom is 0.241 e. The highest BCUT2D eigenvalue weighted by Gasteiger charge is 2.29. The van der Waals surface area contributed by atoms with Gasteiger partial charge in [0.25, 0.3) is 0 Å². The first-order chi connectivity index (χ1) is 9.85. The third kappa shape index (κ3) is 3.56. The normalized spacial score (nSPS) is 23.0. The van der Waals surface area contributed by atoms with Crippen LogP contribution in [0.2, 0.25) is 0 Å². The maximum absolute atomic E-state index is 12.6. The third-order valence-corrected chi connectivity index (χ3v) is 5.77. The van der Waals surface area contributed by atoms with Crippen molar-refractivity contribution in [3.8, 4) is 5.75 Å². The highest BCUT2D eigenvalue weighted by molar-refractivity contribution is 7.89. The van der Waals surface area contributed by atoms with Crippen LogP contribution in [0.25, 0.3) is 0 Å². The van der Waals surface area contributed by atoms with Crippen molar-refractivity contribution in [3.05, 3.63) is 23.3 Å². The van der Waals surface area contributed by atoms with Gasteiger partial charge in [0, 0.05) is 6.04 Å². The average molecular weight is 313 g/mol. The summed E-state index contributed by atoms with van der Waals surface area (Å²) in [5.74, 6) is 0.640. The van der Waals surface area contributed by atoms with E-state index in [-0.39, 0.29) is 4.90 Å². The number of ether oxygens (including phenoxy) is 1. The molecule has 0 spiro atoms. The lowest BCUT2D eigenvalue weighted by Crippen LogP contribution is -2.45. The molecule has 2 atom stereocenters. The SMILES string of the molecule is COc1cc(C)c(S(=O)(=O)N[C@@H]2CCCC[C@H]2O)c(C)c1. The molecular weight excluding hydrogens is 290 g/mol. The smallest absolute Gasteiger partial charge is 0.241 e. The molecule has 1 aliphatic rings. The molecule has 6 heteroatoms. The topological polar surface area (TPSA) is 75.6 Å². The second-order valence-electron chi connectivity index (χ2n) is 5.67. The molecule has 21 heavy (non-hydrogen) atoms. The summed E-state index contributed by atoms with van der Waals surface area (Å²) in [4.78, 5) is 0.279. The van der Waals surface area contributed by atoms with Crippen molar-refractivity contribution in [1.82, 2.24) is 4.72 Å². The Kier molecular flexibility index (Phi) is 4.91. The summed E-state index contributed by atoms with van der Waals surface area (Å²) in [6, 6.07) is 3.02. The summed E-state index contributed by atoms with van der Waals surface area (Å²) in [7, 11) is -2.09. The van der Waals surface area contributed by atoms with E-state index in [1.54, 1.807) is 33.1 Å². The molecule has 1 aromatic rings. The molecular formula is C15H23NO4S. The lowest BCUT2D eigenvalue weighted by atomic mass is 9.93. The zero-order chi connectivity index (χ0) is 15.6. The van der Waals surface area contributed by atoms with Gasteiger partial charge in [0.15, 0.2) is 0 Å². The van der Waals surface area contributed by atoms with Gasteiger partial charge in [0.2, 0.25) is 10.0 Å². The second kappa shape index (κ2) is 6.34. The number of aliphatic hydroxyl groups excluding tert-OH is 1. The molecule has 0 aromatic heterocycles. The molecule has 0 bridgehead atoms. The van der Waals surface area contributed by atoms with Crippen LogP contribution in [0.15, 0.2) is 17.0 Å². The van der Waals surface area contributed by atoms with Gasteiger partial charge >= 0.3 is 0 Å². The third-order valence-electron chi connectivity index (χ3n) is 3.97. The van der Waals surface area contributed by atoms with Crippen molar-refractivity contribution in [2.45, 2.75) is 56.6 Å². The van der Waals surface area contributed by atoms with Gasteiger partial charge in [-0.25, -0.2) is 13.1 Å². The van der Waals surface area contributed by atoms with Gasteiger partial charge in [-0.15, -0.1) is 0 Å². The molecule has 1 aromatic carbocycles. The van der Waals surface area contributed by atoms with Crippen LogP contribution in [0.3, 0.4) is 0 Å². The molecule has 1 saturated carbocycles. The predicted molar refractivity (Wildman–Crippen MR) is 81.1 cm³/mol. The van der Waals surface area contributed by atoms with E-state index >= 15 is 0 Å². The van der Waals surface area contributed by atoms with Gasteiger partial charge in [-0.3, -0.25) is 0 Å². The van der Waals surface area contributed by atoms with E-state index in [4.69, 9.17) is 4.74 Å². The number of sulfonamides is 1. The Morgan fingerprint density at radius 3 is 2.29 bits per heavy atom. The molecule has 2 N–H and O–H groups in total. The zero-order valence-electron chi connectivity index (χ0n) is 12.7. The lowest BCUT2D eigenvalue weighted by Gasteiger charge is -2.28. The Hall–Kier alpha value is -1.11. The van der Waals surface area contributed by atoms with Crippen LogP contribution in [-0.2, 0) is 10.0 Å². The van der Waals surface area contributed by atoms with Crippen LogP contribution in [0.1, 0.15) is 36.8 Å². The van der Waals surface area contributed by atoms with Crippen LogP contribution in [0.5, 0.6) is 5.75 Å². The molecule has 0 radical (unpaired) electrons. The first kappa shape index (κ1) is 16.3. The quantitative estimate of drug-likeness (QED) is 0.890.